The molecule has 2 rings (SSSR count). The largest absolute Gasteiger partial charge is 0.381 e. The van der Waals surface area contributed by atoms with Gasteiger partial charge in [-0.05, 0) is 24.3 Å². The Balaban J connectivity index is 2.06. The minimum Gasteiger partial charge on any atom is -0.381 e. The van der Waals surface area contributed by atoms with Gasteiger partial charge in [-0.1, -0.05) is 23.9 Å². The van der Waals surface area contributed by atoms with E-state index in [9.17, 15) is 8.78 Å². The van der Waals surface area contributed by atoms with Crippen molar-refractivity contribution in [2.75, 3.05) is 16.8 Å². The van der Waals surface area contributed by atoms with Crippen molar-refractivity contribution in [1.29, 1.82) is 0 Å². The molecule has 1 N–H and O–H groups in total. The molecule has 0 saturated carbocycles. The Hall–Kier alpha value is -0.420. The average molecular weight is 261 g/mol. The third-order valence-corrected chi connectivity index (χ3v) is 4.34. The van der Waals surface area contributed by atoms with Crippen molar-refractivity contribution in [3.8, 4) is 0 Å². The highest BCUT2D eigenvalue weighted by Gasteiger charge is 2.17. The van der Waals surface area contributed by atoms with Gasteiger partial charge >= 0.3 is 0 Å². The summed E-state index contributed by atoms with van der Waals surface area (Å²) in [6, 6.07) is 7.69. The lowest BCUT2D eigenvalue weighted by molar-refractivity contribution is 0.252. The van der Waals surface area contributed by atoms with Gasteiger partial charge in [-0.2, -0.15) is 20.5 Å². The number of halogens is 2. The number of anilines is 1. The number of thioether (sulfide) groups is 2. The molecule has 1 aliphatic heterocycles. The fourth-order valence-corrected chi connectivity index (χ4v) is 3.41. The van der Waals surface area contributed by atoms with E-state index in [1.54, 1.807) is 12.1 Å². The number of nitrogens with one attached hydrogen (secondary N) is 1. The van der Waals surface area contributed by atoms with Gasteiger partial charge in [0.25, 0.3) is 5.76 Å². The van der Waals surface area contributed by atoms with E-state index in [-0.39, 0.29) is 0 Å². The molecule has 1 nitrogen and oxygen atoms in total. The highest BCUT2D eigenvalue weighted by molar-refractivity contribution is 8.00. The van der Waals surface area contributed by atoms with Crippen molar-refractivity contribution in [2.45, 2.75) is 23.1 Å². The lowest BCUT2D eigenvalue weighted by Crippen LogP contribution is -2.18. The van der Waals surface area contributed by atoms with Crippen molar-refractivity contribution in [1.82, 2.24) is 0 Å². The van der Waals surface area contributed by atoms with E-state index in [4.69, 9.17) is 0 Å². The normalized spacial score (nSPS) is 20.3. The molecule has 1 aromatic rings. The van der Waals surface area contributed by atoms with Gasteiger partial charge in [0, 0.05) is 22.4 Å². The second kappa shape index (κ2) is 5.77. The maximum atomic E-state index is 12.3. The molecule has 0 bridgehead atoms. The van der Waals surface area contributed by atoms with E-state index in [2.05, 4.69) is 5.32 Å². The van der Waals surface area contributed by atoms with Gasteiger partial charge in [-0.15, -0.1) is 0 Å². The van der Waals surface area contributed by atoms with Crippen LogP contribution in [0, 0.1) is 0 Å². The number of alkyl halides is 2. The second-order valence-electron chi connectivity index (χ2n) is 3.58. The summed E-state index contributed by atoms with van der Waals surface area (Å²) in [7, 11) is 0. The first kappa shape index (κ1) is 12.0. The van der Waals surface area contributed by atoms with Crippen molar-refractivity contribution >= 4 is 29.2 Å². The molecule has 1 heterocycles. The van der Waals surface area contributed by atoms with Gasteiger partial charge in [-0.3, -0.25) is 0 Å². The predicted octanol–water partition coefficient (Wildman–Crippen LogP) is 3.92. The summed E-state index contributed by atoms with van der Waals surface area (Å²) in [5, 5.41) is 3.34. The van der Waals surface area contributed by atoms with Crippen LogP contribution >= 0.6 is 23.5 Å². The number of hydrogen-bond donors (Lipinski definition) is 1. The Morgan fingerprint density at radius 3 is 2.88 bits per heavy atom. The summed E-state index contributed by atoms with van der Waals surface area (Å²) in [4.78, 5) is 0.634. The molecule has 1 atom stereocenters. The number of benzene rings is 1. The Labute approximate surface area is 102 Å². The summed E-state index contributed by atoms with van der Waals surface area (Å²) >= 11 is 2.51. The van der Waals surface area contributed by atoms with Crippen LogP contribution in [0.25, 0.3) is 0 Å². The van der Waals surface area contributed by atoms with Crippen molar-refractivity contribution in [2.24, 2.45) is 0 Å². The van der Waals surface area contributed by atoms with Gasteiger partial charge in [0.2, 0.25) is 0 Å². The van der Waals surface area contributed by atoms with E-state index in [0.717, 1.165) is 23.6 Å². The highest BCUT2D eigenvalue weighted by Crippen LogP contribution is 2.33. The van der Waals surface area contributed by atoms with Crippen LogP contribution in [0.5, 0.6) is 0 Å². The van der Waals surface area contributed by atoms with Crippen LogP contribution in [0.4, 0.5) is 14.5 Å². The third kappa shape index (κ3) is 3.28. The molecular weight excluding hydrogens is 248 g/mol. The van der Waals surface area contributed by atoms with Gasteiger partial charge in [0.05, 0.1) is 0 Å². The lowest BCUT2D eigenvalue weighted by atomic mass is 10.2. The monoisotopic (exact) mass is 261 g/mol. The molecule has 0 aromatic heterocycles. The van der Waals surface area contributed by atoms with Crippen LogP contribution in [0.2, 0.25) is 0 Å². The molecule has 0 radical (unpaired) electrons. The average Bonchev–Trinajstić information content (AvgIpc) is 2.73. The molecule has 0 spiro atoms. The van der Waals surface area contributed by atoms with Crippen LogP contribution in [0.1, 0.15) is 6.42 Å². The molecule has 1 aromatic carbocycles. The smallest absolute Gasteiger partial charge is 0.288 e. The quantitative estimate of drug-likeness (QED) is 0.825. The SMILES string of the molecule is FC(F)Sc1ccccc1NC1CCSC1. The summed E-state index contributed by atoms with van der Waals surface area (Å²) in [6.07, 6.45) is 1.11. The standard InChI is InChI=1S/C11H13F2NS2/c12-11(13)16-10-4-2-1-3-9(10)14-8-5-6-15-7-8/h1-4,8,11,14H,5-7H2. The lowest BCUT2D eigenvalue weighted by Gasteiger charge is -2.15. The molecule has 88 valence electrons. The second-order valence-corrected chi connectivity index (χ2v) is 5.76. The first-order valence-corrected chi connectivity index (χ1v) is 7.17. The molecule has 5 heteroatoms. The molecule has 0 aliphatic carbocycles. The number of hydrogen-bond acceptors (Lipinski definition) is 3. The maximum absolute atomic E-state index is 12.3. The van der Waals surface area contributed by atoms with E-state index < -0.39 is 5.76 Å². The molecule has 1 unspecified atom stereocenters. The predicted molar refractivity (Wildman–Crippen MR) is 67.7 cm³/mol. The van der Waals surface area contributed by atoms with Gasteiger partial charge < -0.3 is 5.32 Å². The zero-order valence-corrected chi connectivity index (χ0v) is 10.3. The van der Waals surface area contributed by atoms with E-state index in [1.165, 1.54) is 0 Å². The summed E-state index contributed by atoms with van der Waals surface area (Å²) in [5.41, 5.74) is 0.834. The maximum Gasteiger partial charge on any atom is 0.288 e. The topological polar surface area (TPSA) is 12.0 Å². The first-order chi connectivity index (χ1) is 7.75. The van der Waals surface area contributed by atoms with Crippen LogP contribution in [0.15, 0.2) is 29.2 Å². The van der Waals surface area contributed by atoms with Gasteiger partial charge in [0.1, 0.15) is 0 Å². The number of para-hydroxylation sites is 1. The zero-order chi connectivity index (χ0) is 11.4. The van der Waals surface area contributed by atoms with Crippen molar-refractivity contribution < 1.29 is 8.78 Å². The minimum atomic E-state index is -2.36. The molecule has 16 heavy (non-hydrogen) atoms. The van der Waals surface area contributed by atoms with Crippen LogP contribution in [-0.2, 0) is 0 Å². The van der Waals surface area contributed by atoms with E-state index in [1.807, 2.05) is 23.9 Å². The van der Waals surface area contributed by atoms with Crippen LogP contribution in [-0.4, -0.2) is 23.3 Å². The zero-order valence-electron chi connectivity index (χ0n) is 8.66. The molecule has 0 amide bonds. The van der Waals surface area contributed by atoms with E-state index >= 15 is 0 Å². The Bertz CT molecular complexity index is 341. The summed E-state index contributed by atoms with van der Waals surface area (Å²) in [6.45, 7) is 0. The summed E-state index contributed by atoms with van der Waals surface area (Å²) < 4.78 is 24.7. The Morgan fingerprint density at radius 2 is 2.19 bits per heavy atom. The molecule has 1 saturated heterocycles. The molecule has 1 fully saturated rings. The minimum absolute atomic E-state index is 0.421. The number of rotatable bonds is 4. The highest BCUT2D eigenvalue weighted by atomic mass is 32.2. The van der Waals surface area contributed by atoms with Gasteiger partial charge in [0.15, 0.2) is 0 Å². The van der Waals surface area contributed by atoms with Crippen molar-refractivity contribution in [3.63, 3.8) is 0 Å². The van der Waals surface area contributed by atoms with Crippen molar-refractivity contribution in [3.05, 3.63) is 24.3 Å². The first-order valence-electron chi connectivity index (χ1n) is 5.14. The van der Waals surface area contributed by atoms with Crippen LogP contribution < -0.4 is 5.32 Å². The molecular formula is C11H13F2NS2. The van der Waals surface area contributed by atoms with Gasteiger partial charge in [-0.25, -0.2) is 0 Å². The van der Waals surface area contributed by atoms with Crippen LogP contribution in [0.3, 0.4) is 0 Å². The fourth-order valence-electron chi connectivity index (χ4n) is 1.65. The molecule has 1 aliphatic rings. The Kier molecular flexibility index (Phi) is 4.35. The third-order valence-electron chi connectivity index (χ3n) is 2.39. The summed E-state index contributed by atoms with van der Waals surface area (Å²) in [5.74, 6) is -0.143. The fraction of sp³-hybridized carbons (Fsp3) is 0.455. The Morgan fingerprint density at radius 1 is 1.38 bits per heavy atom. The van der Waals surface area contributed by atoms with E-state index in [0.29, 0.717) is 22.7 Å².